The number of alkyl carbamates (subject to hydrolysis) is 1. The first-order valence-electron chi connectivity index (χ1n) is 12.7. The van der Waals surface area contributed by atoms with Crippen LogP contribution in [0.25, 0.3) is 0 Å². The van der Waals surface area contributed by atoms with E-state index >= 15 is 0 Å². The first-order chi connectivity index (χ1) is 18.0. The molecule has 0 bridgehead atoms. The van der Waals surface area contributed by atoms with Crippen molar-refractivity contribution in [2.45, 2.75) is 58.7 Å². The minimum atomic E-state index is -0.948. The summed E-state index contributed by atoms with van der Waals surface area (Å²) in [5, 5.41) is 5.76. The van der Waals surface area contributed by atoms with Crippen molar-refractivity contribution in [3.8, 4) is 0 Å². The summed E-state index contributed by atoms with van der Waals surface area (Å²) in [6.07, 6.45) is -0.458. The van der Waals surface area contributed by atoms with Crippen molar-refractivity contribution < 1.29 is 19.1 Å². The van der Waals surface area contributed by atoms with Gasteiger partial charge in [-0.05, 0) is 56.9 Å². The number of rotatable bonds is 8. The van der Waals surface area contributed by atoms with Crippen LogP contribution < -0.4 is 10.6 Å². The summed E-state index contributed by atoms with van der Waals surface area (Å²) in [6.45, 7) is 9.13. The van der Waals surface area contributed by atoms with Crippen LogP contribution in [0.4, 0.5) is 10.5 Å². The predicted molar refractivity (Wildman–Crippen MR) is 150 cm³/mol. The van der Waals surface area contributed by atoms with Gasteiger partial charge in [-0.1, -0.05) is 78.9 Å². The number of likely N-dealkylation sites (N-methyl/N-ethyl adjacent to an activating group) is 1. The van der Waals surface area contributed by atoms with Gasteiger partial charge >= 0.3 is 6.09 Å². The number of carbonyl (C=O) groups is 3. The molecule has 0 aliphatic carbocycles. The van der Waals surface area contributed by atoms with Gasteiger partial charge in [-0.2, -0.15) is 0 Å². The number of carbonyl (C=O) groups excluding carboxylic acids is 3. The van der Waals surface area contributed by atoms with Gasteiger partial charge in [-0.3, -0.25) is 9.59 Å². The Labute approximate surface area is 225 Å². The SMILES string of the molecule is Cc1cccc(C)c1NC(=O)C(c1ccccc1)N(C)C(=O)C(Cc1ccccc1)NC(=O)OC(C)(C)C. The minimum Gasteiger partial charge on any atom is -0.444 e. The van der Waals surface area contributed by atoms with Crippen LogP contribution in [-0.4, -0.2) is 41.5 Å². The number of anilines is 1. The van der Waals surface area contributed by atoms with Gasteiger partial charge in [-0.25, -0.2) is 4.79 Å². The quantitative estimate of drug-likeness (QED) is 0.410. The van der Waals surface area contributed by atoms with E-state index in [-0.39, 0.29) is 12.3 Å². The van der Waals surface area contributed by atoms with Crippen molar-refractivity contribution in [2.75, 3.05) is 12.4 Å². The molecule has 0 fully saturated rings. The Morgan fingerprint density at radius 1 is 0.842 bits per heavy atom. The molecule has 3 aromatic rings. The molecule has 2 atom stereocenters. The Balaban J connectivity index is 1.94. The molecule has 0 heterocycles. The van der Waals surface area contributed by atoms with Crippen molar-refractivity contribution in [2.24, 2.45) is 0 Å². The second-order valence-corrected chi connectivity index (χ2v) is 10.4. The average Bonchev–Trinajstić information content (AvgIpc) is 2.86. The van der Waals surface area contributed by atoms with Crippen LogP contribution in [0.2, 0.25) is 0 Å². The molecule has 38 heavy (non-hydrogen) atoms. The fourth-order valence-corrected chi connectivity index (χ4v) is 4.26. The fraction of sp³-hybridized carbons (Fsp3) is 0.323. The molecular weight excluding hydrogens is 478 g/mol. The van der Waals surface area contributed by atoms with Gasteiger partial charge in [0.15, 0.2) is 0 Å². The summed E-state index contributed by atoms with van der Waals surface area (Å²) in [6, 6.07) is 22.4. The smallest absolute Gasteiger partial charge is 0.408 e. The maximum atomic E-state index is 13.9. The van der Waals surface area contributed by atoms with Crippen LogP contribution in [0.15, 0.2) is 78.9 Å². The monoisotopic (exact) mass is 515 g/mol. The van der Waals surface area contributed by atoms with E-state index in [1.807, 2.05) is 92.7 Å². The van der Waals surface area contributed by atoms with Gasteiger partial charge in [0.05, 0.1) is 0 Å². The van der Waals surface area contributed by atoms with E-state index in [0.29, 0.717) is 11.3 Å². The number of hydrogen-bond acceptors (Lipinski definition) is 4. The van der Waals surface area contributed by atoms with E-state index in [2.05, 4.69) is 10.6 Å². The lowest BCUT2D eigenvalue weighted by molar-refractivity contribution is -0.139. The molecule has 0 saturated carbocycles. The summed E-state index contributed by atoms with van der Waals surface area (Å²) in [4.78, 5) is 41.8. The minimum absolute atomic E-state index is 0.239. The molecule has 0 aliphatic heterocycles. The highest BCUT2D eigenvalue weighted by molar-refractivity contribution is 5.99. The molecule has 0 spiro atoms. The Kier molecular flexibility index (Phi) is 9.29. The van der Waals surface area contributed by atoms with Crippen LogP contribution >= 0.6 is 0 Å². The van der Waals surface area contributed by atoms with Gasteiger partial charge in [0, 0.05) is 19.2 Å². The molecule has 7 nitrogen and oxygen atoms in total. The lowest BCUT2D eigenvalue weighted by atomic mass is 10.0. The Bertz CT molecular complexity index is 1230. The maximum Gasteiger partial charge on any atom is 0.408 e. The van der Waals surface area contributed by atoms with Crippen molar-refractivity contribution >= 4 is 23.6 Å². The standard InChI is InChI=1S/C31H37N3O4/c1-21-14-13-15-22(2)26(21)33-28(35)27(24-18-11-8-12-19-24)34(6)29(36)25(20-23-16-9-7-10-17-23)32-30(37)38-31(3,4)5/h7-19,25,27H,20H2,1-6H3,(H,32,37)(H,33,35). The number of para-hydroxylation sites is 1. The third kappa shape index (κ3) is 7.68. The van der Waals surface area contributed by atoms with Gasteiger partial charge in [-0.15, -0.1) is 0 Å². The average molecular weight is 516 g/mol. The molecule has 2 unspecified atom stereocenters. The highest BCUT2D eigenvalue weighted by atomic mass is 16.6. The lowest BCUT2D eigenvalue weighted by Gasteiger charge is -2.32. The first kappa shape index (κ1) is 28.4. The van der Waals surface area contributed by atoms with Gasteiger partial charge < -0.3 is 20.3 Å². The molecule has 0 saturated heterocycles. The Hall–Kier alpha value is -4.13. The highest BCUT2D eigenvalue weighted by Gasteiger charge is 2.34. The molecule has 0 aromatic heterocycles. The van der Waals surface area contributed by atoms with Crippen LogP contribution in [0.5, 0.6) is 0 Å². The maximum absolute atomic E-state index is 13.9. The van der Waals surface area contributed by atoms with E-state index in [1.165, 1.54) is 4.90 Å². The van der Waals surface area contributed by atoms with Crippen LogP contribution in [0, 0.1) is 13.8 Å². The molecule has 0 aliphatic rings. The van der Waals surface area contributed by atoms with E-state index in [0.717, 1.165) is 16.7 Å². The zero-order valence-electron chi connectivity index (χ0n) is 22.9. The van der Waals surface area contributed by atoms with E-state index in [1.54, 1.807) is 27.8 Å². The van der Waals surface area contributed by atoms with Crippen LogP contribution in [-0.2, 0) is 20.7 Å². The molecule has 2 N–H and O–H groups in total. The highest BCUT2D eigenvalue weighted by Crippen LogP contribution is 2.26. The second kappa shape index (κ2) is 12.4. The summed E-state index contributed by atoms with van der Waals surface area (Å²) in [7, 11) is 1.58. The summed E-state index contributed by atoms with van der Waals surface area (Å²) < 4.78 is 5.43. The third-order valence-corrected chi connectivity index (χ3v) is 6.10. The number of hydrogen-bond donors (Lipinski definition) is 2. The molecule has 200 valence electrons. The number of nitrogens with zero attached hydrogens (tertiary/aromatic N) is 1. The second-order valence-electron chi connectivity index (χ2n) is 10.4. The zero-order chi connectivity index (χ0) is 27.9. The van der Waals surface area contributed by atoms with Gasteiger partial charge in [0.25, 0.3) is 5.91 Å². The van der Waals surface area contributed by atoms with Crippen LogP contribution in [0.3, 0.4) is 0 Å². The normalized spacial score (nSPS) is 12.7. The number of benzene rings is 3. The zero-order valence-corrected chi connectivity index (χ0v) is 22.9. The number of ether oxygens (including phenoxy) is 1. The molecule has 3 amide bonds. The summed E-state index contributed by atoms with van der Waals surface area (Å²) in [5.74, 6) is -0.759. The third-order valence-electron chi connectivity index (χ3n) is 6.10. The summed E-state index contributed by atoms with van der Waals surface area (Å²) >= 11 is 0. The van der Waals surface area contributed by atoms with E-state index in [9.17, 15) is 14.4 Å². The molecule has 3 rings (SSSR count). The molecule has 3 aromatic carbocycles. The van der Waals surface area contributed by atoms with E-state index < -0.39 is 29.7 Å². The topological polar surface area (TPSA) is 87.7 Å². The van der Waals surface area contributed by atoms with Crippen molar-refractivity contribution in [1.29, 1.82) is 0 Å². The predicted octanol–water partition coefficient (Wildman–Crippen LogP) is 5.58. The molecular formula is C31H37N3O4. The van der Waals surface area contributed by atoms with E-state index in [4.69, 9.17) is 4.74 Å². The van der Waals surface area contributed by atoms with Crippen molar-refractivity contribution in [1.82, 2.24) is 10.2 Å². The largest absolute Gasteiger partial charge is 0.444 e. The molecule has 0 radical (unpaired) electrons. The van der Waals surface area contributed by atoms with Gasteiger partial charge in [0.1, 0.15) is 17.7 Å². The van der Waals surface area contributed by atoms with Crippen molar-refractivity contribution in [3.63, 3.8) is 0 Å². The molecule has 7 heteroatoms. The van der Waals surface area contributed by atoms with Crippen LogP contribution in [0.1, 0.15) is 49.1 Å². The Morgan fingerprint density at radius 2 is 1.39 bits per heavy atom. The summed E-state index contributed by atoms with van der Waals surface area (Å²) in [5.41, 5.74) is 3.36. The lowest BCUT2D eigenvalue weighted by Crippen LogP contribution is -2.52. The first-order valence-corrected chi connectivity index (χ1v) is 12.7. The number of aryl methyl sites for hydroxylation is 2. The number of amides is 3. The van der Waals surface area contributed by atoms with Gasteiger partial charge in [0.2, 0.25) is 5.91 Å². The van der Waals surface area contributed by atoms with Crippen molar-refractivity contribution in [3.05, 3.63) is 101 Å². The number of nitrogens with one attached hydrogen (secondary N) is 2. The fourth-order valence-electron chi connectivity index (χ4n) is 4.26. The Morgan fingerprint density at radius 3 is 1.95 bits per heavy atom.